The van der Waals surface area contributed by atoms with Gasteiger partial charge in [-0.25, -0.2) is 0 Å². The number of aryl methyl sites for hydroxylation is 2. The third-order valence-electron chi connectivity index (χ3n) is 3.20. The molecule has 0 unspecified atom stereocenters. The summed E-state index contributed by atoms with van der Waals surface area (Å²) in [5.74, 6) is 0.854. The Morgan fingerprint density at radius 3 is 2.68 bits per heavy atom. The smallest absolute Gasteiger partial charge is 0.283 e. The van der Waals surface area contributed by atoms with Gasteiger partial charge in [0, 0.05) is 15.7 Å². The van der Waals surface area contributed by atoms with Gasteiger partial charge in [-0.1, -0.05) is 45.4 Å². The van der Waals surface area contributed by atoms with Gasteiger partial charge in [-0.2, -0.15) is 0 Å². The van der Waals surface area contributed by atoms with Crippen LogP contribution in [-0.4, -0.2) is 11.5 Å². The minimum Gasteiger partial charge on any atom is -0.489 e. The maximum Gasteiger partial charge on any atom is 0.283 e. The van der Waals surface area contributed by atoms with Crippen molar-refractivity contribution < 1.29 is 9.53 Å². The van der Waals surface area contributed by atoms with Crippen molar-refractivity contribution in [2.24, 2.45) is 0 Å². The number of hydrogen-bond donors (Lipinski definition) is 1. The van der Waals surface area contributed by atoms with Gasteiger partial charge in [0.2, 0.25) is 0 Å². The van der Waals surface area contributed by atoms with E-state index in [2.05, 4.69) is 34.2 Å². The van der Waals surface area contributed by atoms with Crippen LogP contribution >= 0.6 is 27.7 Å². The third kappa shape index (κ3) is 4.52. The van der Waals surface area contributed by atoms with Crippen molar-refractivity contribution in [3.63, 3.8) is 0 Å². The lowest BCUT2D eigenvalue weighted by Gasteiger charge is -2.14. The summed E-state index contributed by atoms with van der Waals surface area (Å²) >= 11 is 4.60. The summed E-state index contributed by atoms with van der Waals surface area (Å²) in [6.45, 7) is 4.48. The van der Waals surface area contributed by atoms with Crippen molar-refractivity contribution in [2.75, 3.05) is 11.6 Å². The molecule has 5 heteroatoms. The number of amides is 1. The number of hydrogen-bond acceptors (Lipinski definition) is 3. The number of thioether (sulfide) groups is 1. The Kier molecular flexibility index (Phi) is 5.91. The first-order valence-corrected chi connectivity index (χ1v) is 8.85. The van der Waals surface area contributed by atoms with E-state index in [4.69, 9.17) is 4.74 Å². The fourth-order valence-corrected chi connectivity index (χ4v) is 2.70. The molecule has 116 valence electrons. The van der Waals surface area contributed by atoms with Gasteiger partial charge >= 0.3 is 0 Å². The molecule has 0 aromatic heterocycles. The van der Waals surface area contributed by atoms with E-state index in [1.807, 2.05) is 37.3 Å². The molecule has 0 saturated heterocycles. The predicted molar refractivity (Wildman–Crippen MR) is 96.9 cm³/mol. The van der Waals surface area contributed by atoms with E-state index >= 15 is 0 Å². The summed E-state index contributed by atoms with van der Waals surface area (Å²) in [5, 5.41) is 2.78. The number of ether oxygens (including phenoxy) is 1. The zero-order valence-electron chi connectivity index (χ0n) is 12.8. The van der Waals surface area contributed by atoms with Crippen LogP contribution in [0.4, 0.5) is 10.5 Å². The Labute approximate surface area is 143 Å². The monoisotopic (exact) mass is 379 g/mol. The van der Waals surface area contributed by atoms with E-state index < -0.39 is 0 Å². The Morgan fingerprint density at radius 1 is 1.23 bits per heavy atom. The van der Waals surface area contributed by atoms with Gasteiger partial charge in [0.25, 0.3) is 5.24 Å². The highest BCUT2D eigenvalue weighted by Crippen LogP contribution is 2.25. The molecule has 2 aromatic rings. The van der Waals surface area contributed by atoms with Gasteiger partial charge in [0.1, 0.15) is 12.4 Å². The van der Waals surface area contributed by atoms with Crippen LogP contribution < -0.4 is 10.1 Å². The molecule has 0 aliphatic rings. The molecule has 1 amide bonds. The van der Waals surface area contributed by atoms with Crippen LogP contribution in [0.25, 0.3) is 0 Å². The summed E-state index contributed by atoms with van der Waals surface area (Å²) in [6, 6.07) is 11.8. The van der Waals surface area contributed by atoms with Crippen molar-refractivity contribution in [1.82, 2.24) is 0 Å². The Bertz CT molecular complexity index is 688. The molecular weight excluding hydrogens is 362 g/mol. The molecule has 0 bridgehead atoms. The molecule has 0 atom stereocenters. The first-order valence-electron chi connectivity index (χ1n) is 6.83. The highest BCUT2D eigenvalue weighted by atomic mass is 79.9. The molecule has 2 rings (SSSR count). The van der Waals surface area contributed by atoms with Gasteiger partial charge in [-0.3, -0.25) is 4.79 Å². The number of halogens is 1. The second-order valence-corrected chi connectivity index (χ2v) is 6.67. The van der Waals surface area contributed by atoms with Crippen LogP contribution in [0.1, 0.15) is 16.7 Å². The van der Waals surface area contributed by atoms with Crippen molar-refractivity contribution in [3.05, 3.63) is 57.6 Å². The van der Waals surface area contributed by atoms with Gasteiger partial charge in [0.05, 0.1) is 0 Å². The lowest BCUT2D eigenvalue weighted by molar-refractivity contribution is 0.269. The van der Waals surface area contributed by atoms with Crippen molar-refractivity contribution >= 4 is 38.6 Å². The third-order valence-corrected chi connectivity index (χ3v) is 4.17. The summed E-state index contributed by atoms with van der Waals surface area (Å²) in [6.07, 6.45) is 1.75. The number of rotatable bonds is 4. The Balaban J connectivity index is 2.17. The quantitative estimate of drug-likeness (QED) is 0.757. The molecule has 0 aliphatic carbocycles. The molecule has 0 spiro atoms. The summed E-state index contributed by atoms with van der Waals surface area (Å²) in [7, 11) is 0. The number of carbonyl (C=O) groups excluding carboxylic acids is 1. The molecular formula is C17H18BrNO2S. The molecule has 0 heterocycles. The van der Waals surface area contributed by atoms with Gasteiger partial charge in [-0.05, 0) is 49.9 Å². The van der Waals surface area contributed by atoms with E-state index in [1.54, 1.807) is 6.26 Å². The van der Waals surface area contributed by atoms with Crippen LogP contribution in [-0.2, 0) is 6.61 Å². The van der Waals surface area contributed by atoms with Crippen molar-refractivity contribution in [1.29, 1.82) is 0 Å². The van der Waals surface area contributed by atoms with Crippen LogP contribution in [0.15, 0.2) is 40.9 Å². The molecule has 3 nitrogen and oxygen atoms in total. The zero-order chi connectivity index (χ0) is 16.1. The first kappa shape index (κ1) is 16.9. The number of benzene rings is 2. The maximum absolute atomic E-state index is 11.6. The van der Waals surface area contributed by atoms with Crippen molar-refractivity contribution in [3.8, 4) is 5.75 Å². The largest absolute Gasteiger partial charge is 0.489 e. The van der Waals surface area contributed by atoms with E-state index in [9.17, 15) is 4.79 Å². The lowest BCUT2D eigenvalue weighted by atomic mass is 10.1. The second kappa shape index (κ2) is 7.70. The number of anilines is 1. The number of nitrogens with one attached hydrogen (secondary N) is 1. The minimum absolute atomic E-state index is 0.0879. The van der Waals surface area contributed by atoms with Crippen LogP contribution in [0, 0.1) is 13.8 Å². The summed E-state index contributed by atoms with van der Waals surface area (Å²) < 4.78 is 6.86. The van der Waals surface area contributed by atoms with Gasteiger partial charge < -0.3 is 10.1 Å². The second-order valence-electron chi connectivity index (χ2n) is 4.98. The molecule has 0 fully saturated rings. The topological polar surface area (TPSA) is 38.3 Å². The molecule has 1 N–H and O–H groups in total. The average molecular weight is 380 g/mol. The van der Waals surface area contributed by atoms with E-state index in [0.717, 1.165) is 38.8 Å². The fourth-order valence-electron chi connectivity index (χ4n) is 2.08. The van der Waals surface area contributed by atoms with E-state index in [-0.39, 0.29) is 5.24 Å². The lowest BCUT2D eigenvalue weighted by Crippen LogP contribution is -2.08. The summed E-state index contributed by atoms with van der Waals surface area (Å²) in [4.78, 5) is 11.6. The zero-order valence-corrected chi connectivity index (χ0v) is 15.2. The van der Waals surface area contributed by atoms with Crippen LogP contribution in [0.2, 0.25) is 0 Å². The van der Waals surface area contributed by atoms with Gasteiger partial charge in [0.15, 0.2) is 0 Å². The summed E-state index contributed by atoms with van der Waals surface area (Å²) in [5.41, 5.74) is 4.01. The SMILES string of the molecule is CSC(=O)Nc1ccc(Br)cc1COc1ccc(C)cc1C. The van der Waals surface area contributed by atoms with Crippen LogP contribution in [0.3, 0.4) is 0 Å². The molecule has 0 saturated carbocycles. The van der Waals surface area contributed by atoms with E-state index in [0.29, 0.717) is 6.61 Å². The van der Waals surface area contributed by atoms with E-state index in [1.165, 1.54) is 5.56 Å². The predicted octanol–water partition coefficient (Wildman–Crippen LogP) is 5.54. The highest BCUT2D eigenvalue weighted by molar-refractivity contribution is 9.10. The normalized spacial score (nSPS) is 10.4. The Hall–Kier alpha value is -1.46. The molecule has 22 heavy (non-hydrogen) atoms. The fraction of sp³-hybridized carbons (Fsp3) is 0.235. The average Bonchev–Trinajstić information content (AvgIpc) is 2.48. The van der Waals surface area contributed by atoms with Crippen LogP contribution in [0.5, 0.6) is 5.75 Å². The van der Waals surface area contributed by atoms with Gasteiger partial charge in [-0.15, -0.1) is 0 Å². The number of carbonyl (C=O) groups is 1. The van der Waals surface area contributed by atoms with Crippen molar-refractivity contribution in [2.45, 2.75) is 20.5 Å². The molecule has 0 aliphatic heterocycles. The standard InChI is InChI=1S/C17H18BrNO2S/c1-11-4-7-16(12(2)8-11)21-10-13-9-14(18)5-6-15(13)19-17(20)22-3/h4-9H,10H2,1-3H3,(H,19,20). The molecule has 2 aromatic carbocycles. The molecule has 0 radical (unpaired) electrons. The highest BCUT2D eigenvalue weighted by Gasteiger charge is 2.08. The Morgan fingerprint density at radius 2 is 2.00 bits per heavy atom. The first-order chi connectivity index (χ1) is 10.5. The maximum atomic E-state index is 11.6. The minimum atomic E-state index is -0.0879.